The maximum atomic E-state index is 13.7. The molecular weight excluding hydrogens is 267 g/mol. The Morgan fingerprint density at radius 1 is 1.21 bits per heavy atom. The van der Waals surface area contributed by atoms with E-state index in [9.17, 15) is 14.6 Å². The van der Waals surface area contributed by atoms with E-state index in [0.29, 0.717) is 17.9 Å². The summed E-state index contributed by atoms with van der Waals surface area (Å²) in [6.07, 6.45) is 4.19. The van der Waals surface area contributed by atoms with Crippen LogP contribution in [0.5, 0.6) is 0 Å². The zero-order valence-electron chi connectivity index (χ0n) is 10.9. The SMILES string of the molecule is OC(Cc1c(F)cccc1Cl)C1(O)CCCCCC1. The first-order valence-electron chi connectivity index (χ1n) is 6.86. The van der Waals surface area contributed by atoms with E-state index in [1.807, 2.05) is 0 Å². The summed E-state index contributed by atoms with van der Waals surface area (Å²) in [5.41, 5.74) is -0.823. The van der Waals surface area contributed by atoms with Crippen LogP contribution < -0.4 is 0 Å². The van der Waals surface area contributed by atoms with Crippen LogP contribution in [0.25, 0.3) is 0 Å². The fourth-order valence-electron chi connectivity index (χ4n) is 2.78. The van der Waals surface area contributed by atoms with Crippen LogP contribution in [0.2, 0.25) is 5.02 Å². The summed E-state index contributed by atoms with van der Waals surface area (Å²) in [6.45, 7) is 0. The molecule has 0 aromatic heterocycles. The molecule has 0 saturated heterocycles. The number of hydrogen-bond acceptors (Lipinski definition) is 2. The number of benzene rings is 1. The average Bonchev–Trinajstić information content (AvgIpc) is 2.60. The standard InChI is InChI=1S/C15H20ClFO2/c16-12-6-5-7-13(17)11(12)10-14(18)15(19)8-3-1-2-4-9-15/h5-7,14,18-19H,1-4,8-10H2. The molecule has 106 valence electrons. The Kier molecular flexibility index (Phi) is 4.82. The van der Waals surface area contributed by atoms with Crippen LogP contribution in [0, 0.1) is 5.82 Å². The summed E-state index contributed by atoms with van der Waals surface area (Å²) < 4.78 is 13.7. The molecule has 1 unspecified atom stereocenters. The lowest BCUT2D eigenvalue weighted by Crippen LogP contribution is -2.43. The van der Waals surface area contributed by atoms with E-state index in [0.717, 1.165) is 25.7 Å². The number of hydrogen-bond donors (Lipinski definition) is 2. The minimum atomic E-state index is -1.11. The highest BCUT2D eigenvalue weighted by atomic mass is 35.5. The third kappa shape index (κ3) is 3.47. The van der Waals surface area contributed by atoms with Crippen molar-refractivity contribution in [2.45, 2.75) is 56.7 Å². The maximum Gasteiger partial charge on any atom is 0.127 e. The van der Waals surface area contributed by atoms with Crippen molar-refractivity contribution < 1.29 is 14.6 Å². The van der Waals surface area contributed by atoms with E-state index in [1.165, 1.54) is 12.1 Å². The minimum absolute atomic E-state index is 0.0575. The van der Waals surface area contributed by atoms with Crippen molar-refractivity contribution in [3.63, 3.8) is 0 Å². The van der Waals surface area contributed by atoms with Gasteiger partial charge in [0, 0.05) is 17.0 Å². The van der Waals surface area contributed by atoms with Gasteiger partial charge in [0.05, 0.1) is 11.7 Å². The van der Waals surface area contributed by atoms with Gasteiger partial charge < -0.3 is 10.2 Å². The van der Waals surface area contributed by atoms with Gasteiger partial charge in [0.1, 0.15) is 5.82 Å². The number of halogens is 2. The van der Waals surface area contributed by atoms with Gasteiger partial charge >= 0.3 is 0 Å². The van der Waals surface area contributed by atoms with Crippen LogP contribution in [-0.2, 0) is 6.42 Å². The third-order valence-electron chi connectivity index (χ3n) is 4.05. The van der Waals surface area contributed by atoms with E-state index in [2.05, 4.69) is 0 Å². The normalized spacial score (nSPS) is 20.8. The van der Waals surface area contributed by atoms with E-state index in [1.54, 1.807) is 6.07 Å². The predicted molar refractivity (Wildman–Crippen MR) is 73.8 cm³/mol. The molecule has 0 aliphatic heterocycles. The fourth-order valence-corrected chi connectivity index (χ4v) is 3.02. The van der Waals surface area contributed by atoms with Crippen LogP contribution in [-0.4, -0.2) is 21.9 Å². The Labute approximate surface area is 118 Å². The van der Waals surface area contributed by atoms with Gasteiger partial charge in [0.25, 0.3) is 0 Å². The van der Waals surface area contributed by atoms with Crippen LogP contribution in [0.4, 0.5) is 4.39 Å². The van der Waals surface area contributed by atoms with Gasteiger partial charge in [-0.3, -0.25) is 0 Å². The Morgan fingerprint density at radius 3 is 2.42 bits per heavy atom. The molecule has 0 radical (unpaired) electrons. The highest BCUT2D eigenvalue weighted by Gasteiger charge is 2.36. The van der Waals surface area contributed by atoms with Gasteiger partial charge in [-0.25, -0.2) is 4.39 Å². The molecule has 2 nitrogen and oxygen atoms in total. The molecule has 2 rings (SSSR count). The second kappa shape index (κ2) is 6.21. The van der Waals surface area contributed by atoms with Crippen molar-refractivity contribution in [1.82, 2.24) is 0 Å². The minimum Gasteiger partial charge on any atom is -0.390 e. The van der Waals surface area contributed by atoms with Crippen molar-refractivity contribution in [1.29, 1.82) is 0 Å². The highest BCUT2D eigenvalue weighted by molar-refractivity contribution is 6.31. The first-order chi connectivity index (χ1) is 9.03. The molecular formula is C15H20ClFO2. The molecule has 0 heterocycles. The molecule has 0 amide bonds. The maximum absolute atomic E-state index is 13.7. The van der Waals surface area contributed by atoms with Gasteiger partial charge in [-0.1, -0.05) is 43.4 Å². The summed E-state index contributed by atoms with van der Waals surface area (Å²) in [4.78, 5) is 0. The lowest BCUT2D eigenvalue weighted by atomic mass is 9.85. The van der Waals surface area contributed by atoms with Gasteiger partial charge in [-0.2, -0.15) is 0 Å². The van der Waals surface area contributed by atoms with Crippen molar-refractivity contribution in [3.05, 3.63) is 34.6 Å². The summed E-state index contributed by atoms with van der Waals surface area (Å²) in [5, 5.41) is 21.1. The lowest BCUT2D eigenvalue weighted by Gasteiger charge is -2.32. The molecule has 4 heteroatoms. The second-order valence-corrected chi connectivity index (χ2v) is 5.85. The first kappa shape index (κ1) is 14.8. The number of aliphatic hydroxyl groups excluding tert-OH is 1. The Balaban J connectivity index is 2.13. The Bertz CT molecular complexity index is 408. The molecule has 2 N–H and O–H groups in total. The average molecular weight is 287 g/mol. The summed E-state index contributed by atoms with van der Waals surface area (Å²) in [5.74, 6) is -0.427. The first-order valence-corrected chi connectivity index (χ1v) is 7.24. The zero-order chi connectivity index (χ0) is 13.9. The number of aliphatic hydroxyl groups is 2. The zero-order valence-corrected chi connectivity index (χ0v) is 11.7. The van der Waals surface area contributed by atoms with Crippen LogP contribution >= 0.6 is 11.6 Å². The molecule has 1 saturated carbocycles. The molecule has 1 fully saturated rings. The quantitative estimate of drug-likeness (QED) is 0.836. The van der Waals surface area contributed by atoms with E-state index in [-0.39, 0.29) is 12.0 Å². The molecule has 1 aliphatic carbocycles. The molecule has 1 atom stereocenters. The Hall–Kier alpha value is -0.640. The lowest BCUT2D eigenvalue weighted by molar-refractivity contribution is -0.0838. The molecule has 1 aliphatic rings. The Morgan fingerprint density at radius 2 is 1.84 bits per heavy atom. The molecule has 0 spiro atoms. The second-order valence-electron chi connectivity index (χ2n) is 5.44. The van der Waals surface area contributed by atoms with Crippen molar-refractivity contribution >= 4 is 11.6 Å². The van der Waals surface area contributed by atoms with Crippen LogP contribution in [0.1, 0.15) is 44.1 Å². The largest absolute Gasteiger partial charge is 0.390 e. The van der Waals surface area contributed by atoms with Crippen molar-refractivity contribution in [2.24, 2.45) is 0 Å². The molecule has 1 aromatic rings. The predicted octanol–water partition coefficient (Wildman–Crippen LogP) is 3.47. The van der Waals surface area contributed by atoms with E-state index in [4.69, 9.17) is 11.6 Å². The molecule has 19 heavy (non-hydrogen) atoms. The summed E-state index contributed by atoms with van der Waals surface area (Å²) >= 11 is 5.96. The smallest absolute Gasteiger partial charge is 0.127 e. The molecule has 0 bridgehead atoms. The third-order valence-corrected chi connectivity index (χ3v) is 4.40. The van der Waals surface area contributed by atoms with E-state index < -0.39 is 17.5 Å². The topological polar surface area (TPSA) is 40.5 Å². The van der Waals surface area contributed by atoms with Crippen LogP contribution in [0.15, 0.2) is 18.2 Å². The summed E-state index contributed by atoms with van der Waals surface area (Å²) in [7, 11) is 0. The van der Waals surface area contributed by atoms with E-state index >= 15 is 0 Å². The van der Waals surface area contributed by atoms with Crippen molar-refractivity contribution in [2.75, 3.05) is 0 Å². The molecule has 1 aromatic carbocycles. The highest BCUT2D eigenvalue weighted by Crippen LogP contribution is 2.32. The van der Waals surface area contributed by atoms with Gasteiger partial charge in [-0.15, -0.1) is 0 Å². The number of rotatable bonds is 3. The monoisotopic (exact) mass is 286 g/mol. The van der Waals surface area contributed by atoms with Gasteiger partial charge in [0.2, 0.25) is 0 Å². The fraction of sp³-hybridized carbons (Fsp3) is 0.600. The van der Waals surface area contributed by atoms with Crippen molar-refractivity contribution in [3.8, 4) is 0 Å². The van der Waals surface area contributed by atoms with Crippen LogP contribution in [0.3, 0.4) is 0 Å². The van der Waals surface area contributed by atoms with Gasteiger partial charge in [0.15, 0.2) is 0 Å². The van der Waals surface area contributed by atoms with Gasteiger partial charge in [-0.05, 0) is 25.0 Å². The summed E-state index contributed by atoms with van der Waals surface area (Å²) in [6, 6.07) is 4.46.